The molecule has 1 heterocycles. The first-order valence-electron chi connectivity index (χ1n) is 8.16. The number of amides is 1. The van der Waals surface area contributed by atoms with Crippen molar-refractivity contribution in [1.29, 1.82) is 0 Å². The highest BCUT2D eigenvalue weighted by Crippen LogP contribution is 2.27. The summed E-state index contributed by atoms with van der Waals surface area (Å²) in [5.41, 5.74) is 0.242. The Hall–Kier alpha value is -2.08. The summed E-state index contributed by atoms with van der Waals surface area (Å²) in [4.78, 5) is 26.7. The largest absolute Gasteiger partial charge is 0.468 e. The van der Waals surface area contributed by atoms with Crippen LogP contribution in [0.2, 0.25) is 0 Å². The fraction of sp³-hybridized carbons (Fsp3) is 0.556. The van der Waals surface area contributed by atoms with Crippen LogP contribution in [0.1, 0.15) is 32.3 Å². The monoisotopic (exact) mass is 334 g/mol. The molecule has 6 nitrogen and oxygen atoms in total. The van der Waals surface area contributed by atoms with Gasteiger partial charge in [-0.25, -0.2) is 4.79 Å². The number of nitrogens with one attached hydrogen (secondary N) is 1. The van der Waals surface area contributed by atoms with Crippen LogP contribution in [0.15, 0.2) is 30.3 Å². The minimum atomic E-state index is -0.583. The van der Waals surface area contributed by atoms with Crippen LogP contribution in [0, 0.1) is 0 Å². The zero-order valence-electron chi connectivity index (χ0n) is 14.7. The third-order valence-corrected chi connectivity index (χ3v) is 3.91. The summed E-state index contributed by atoms with van der Waals surface area (Å²) < 4.78 is 10.5. The highest BCUT2D eigenvalue weighted by molar-refractivity contribution is 5.80. The molecule has 1 aliphatic heterocycles. The average Bonchev–Trinajstić information content (AvgIpc) is 2.54. The molecule has 2 unspecified atom stereocenters. The van der Waals surface area contributed by atoms with E-state index in [4.69, 9.17) is 9.47 Å². The molecule has 0 saturated carbocycles. The van der Waals surface area contributed by atoms with Gasteiger partial charge in [0.15, 0.2) is 0 Å². The molecule has 2 rings (SSSR count). The second kappa shape index (κ2) is 7.66. The maximum absolute atomic E-state index is 12.6. The third kappa shape index (κ3) is 4.47. The SMILES string of the molecule is COC(=O)C(c1ccccc1)C1CNCCN1C(=O)OC(C)(C)C. The minimum Gasteiger partial charge on any atom is -0.468 e. The zero-order chi connectivity index (χ0) is 17.7. The van der Waals surface area contributed by atoms with E-state index in [1.165, 1.54) is 7.11 Å². The molecule has 0 spiro atoms. The van der Waals surface area contributed by atoms with Gasteiger partial charge in [-0.1, -0.05) is 30.3 Å². The molecule has 1 saturated heterocycles. The number of carbonyl (C=O) groups excluding carboxylic acids is 2. The van der Waals surface area contributed by atoms with E-state index in [1.807, 2.05) is 51.1 Å². The summed E-state index contributed by atoms with van der Waals surface area (Å²) in [5.74, 6) is -0.917. The Kier molecular flexibility index (Phi) is 5.83. The maximum Gasteiger partial charge on any atom is 0.410 e. The van der Waals surface area contributed by atoms with Gasteiger partial charge in [0.2, 0.25) is 0 Å². The average molecular weight is 334 g/mol. The number of nitrogens with zero attached hydrogens (tertiary/aromatic N) is 1. The van der Waals surface area contributed by atoms with Gasteiger partial charge in [-0.2, -0.15) is 0 Å². The number of esters is 1. The van der Waals surface area contributed by atoms with Crippen molar-refractivity contribution in [1.82, 2.24) is 10.2 Å². The van der Waals surface area contributed by atoms with Gasteiger partial charge in [0, 0.05) is 19.6 Å². The van der Waals surface area contributed by atoms with Gasteiger partial charge in [-0.15, -0.1) is 0 Å². The fourth-order valence-electron chi connectivity index (χ4n) is 2.87. The smallest absolute Gasteiger partial charge is 0.410 e. The first-order valence-corrected chi connectivity index (χ1v) is 8.16. The molecule has 1 aromatic carbocycles. The number of hydrogen-bond donors (Lipinski definition) is 1. The molecule has 24 heavy (non-hydrogen) atoms. The lowest BCUT2D eigenvalue weighted by atomic mass is 9.89. The number of benzene rings is 1. The van der Waals surface area contributed by atoms with Gasteiger partial charge < -0.3 is 19.7 Å². The number of ether oxygens (including phenoxy) is 2. The van der Waals surface area contributed by atoms with Crippen molar-refractivity contribution in [2.24, 2.45) is 0 Å². The van der Waals surface area contributed by atoms with E-state index in [2.05, 4.69) is 5.32 Å². The van der Waals surface area contributed by atoms with Crippen molar-refractivity contribution in [2.45, 2.75) is 38.3 Å². The van der Waals surface area contributed by atoms with E-state index in [9.17, 15) is 9.59 Å². The summed E-state index contributed by atoms with van der Waals surface area (Å²) >= 11 is 0. The number of methoxy groups -OCH3 is 1. The van der Waals surface area contributed by atoms with Crippen molar-refractivity contribution in [3.05, 3.63) is 35.9 Å². The maximum atomic E-state index is 12.6. The summed E-state index contributed by atoms with van der Waals surface area (Å²) in [7, 11) is 1.37. The lowest BCUT2D eigenvalue weighted by molar-refractivity contribution is -0.144. The standard InChI is InChI=1S/C18H26N2O4/c1-18(2,3)24-17(22)20-11-10-19-12-14(20)15(16(21)23-4)13-8-6-5-7-9-13/h5-9,14-15,19H,10-12H2,1-4H3. The van der Waals surface area contributed by atoms with Crippen molar-refractivity contribution < 1.29 is 19.1 Å². The molecule has 0 aliphatic carbocycles. The number of hydrogen-bond acceptors (Lipinski definition) is 5. The third-order valence-electron chi connectivity index (χ3n) is 3.91. The highest BCUT2D eigenvalue weighted by atomic mass is 16.6. The number of carbonyl (C=O) groups is 2. The lowest BCUT2D eigenvalue weighted by Crippen LogP contribution is -2.58. The van der Waals surface area contributed by atoms with Crippen LogP contribution in [-0.4, -0.2) is 55.3 Å². The summed E-state index contributed by atoms with van der Waals surface area (Å²) in [6, 6.07) is 9.04. The molecule has 2 atom stereocenters. The molecule has 0 bridgehead atoms. The summed E-state index contributed by atoms with van der Waals surface area (Å²) in [5, 5.41) is 3.25. The van der Waals surface area contributed by atoms with Gasteiger partial charge in [0.25, 0.3) is 0 Å². The van der Waals surface area contributed by atoms with Crippen LogP contribution in [0.25, 0.3) is 0 Å². The fourth-order valence-corrected chi connectivity index (χ4v) is 2.87. The Morgan fingerprint density at radius 2 is 1.92 bits per heavy atom. The van der Waals surface area contributed by atoms with E-state index < -0.39 is 17.6 Å². The van der Waals surface area contributed by atoms with E-state index >= 15 is 0 Å². The Labute approximate surface area is 143 Å². The van der Waals surface area contributed by atoms with Crippen LogP contribution in [0.4, 0.5) is 4.79 Å². The summed E-state index contributed by atoms with van der Waals surface area (Å²) in [6.45, 7) is 7.15. The number of rotatable bonds is 3. The van der Waals surface area contributed by atoms with Gasteiger partial charge in [-0.05, 0) is 26.3 Å². The first-order chi connectivity index (χ1) is 11.3. The molecule has 1 N–H and O–H groups in total. The molecule has 1 amide bonds. The Bertz CT molecular complexity index is 568. The van der Waals surface area contributed by atoms with Gasteiger partial charge in [0.1, 0.15) is 11.5 Å². The van der Waals surface area contributed by atoms with E-state index in [0.29, 0.717) is 19.6 Å². The molecular weight excluding hydrogens is 308 g/mol. The van der Waals surface area contributed by atoms with Crippen molar-refractivity contribution in [3.63, 3.8) is 0 Å². The molecular formula is C18H26N2O4. The van der Waals surface area contributed by atoms with E-state index in [0.717, 1.165) is 5.56 Å². The van der Waals surface area contributed by atoms with Crippen LogP contribution in [0.3, 0.4) is 0 Å². The van der Waals surface area contributed by atoms with Crippen molar-refractivity contribution in [3.8, 4) is 0 Å². The van der Waals surface area contributed by atoms with E-state index in [1.54, 1.807) is 4.90 Å². The minimum absolute atomic E-state index is 0.358. The Balaban J connectivity index is 2.31. The Morgan fingerprint density at radius 1 is 1.25 bits per heavy atom. The molecule has 132 valence electrons. The predicted molar refractivity (Wildman–Crippen MR) is 90.8 cm³/mol. The van der Waals surface area contributed by atoms with E-state index in [-0.39, 0.29) is 12.0 Å². The molecule has 1 aliphatic rings. The molecule has 0 aromatic heterocycles. The van der Waals surface area contributed by atoms with Crippen molar-refractivity contribution in [2.75, 3.05) is 26.7 Å². The zero-order valence-corrected chi connectivity index (χ0v) is 14.7. The molecule has 1 fully saturated rings. The van der Waals surface area contributed by atoms with Gasteiger partial charge in [-0.3, -0.25) is 4.79 Å². The summed E-state index contributed by atoms with van der Waals surface area (Å²) in [6.07, 6.45) is -0.404. The van der Waals surface area contributed by atoms with Crippen LogP contribution in [-0.2, 0) is 14.3 Å². The second-order valence-corrected chi connectivity index (χ2v) is 6.86. The quantitative estimate of drug-likeness (QED) is 0.858. The van der Waals surface area contributed by atoms with Crippen LogP contribution in [0.5, 0.6) is 0 Å². The predicted octanol–water partition coefficient (Wildman–Crippen LogP) is 2.15. The van der Waals surface area contributed by atoms with Crippen LogP contribution < -0.4 is 5.32 Å². The Morgan fingerprint density at radius 3 is 2.50 bits per heavy atom. The topological polar surface area (TPSA) is 67.9 Å². The van der Waals surface area contributed by atoms with Crippen LogP contribution >= 0.6 is 0 Å². The van der Waals surface area contributed by atoms with Gasteiger partial charge in [0.05, 0.1) is 13.2 Å². The first kappa shape index (κ1) is 18.3. The van der Waals surface area contributed by atoms with Crippen molar-refractivity contribution >= 4 is 12.1 Å². The molecule has 6 heteroatoms. The highest BCUT2D eigenvalue weighted by Gasteiger charge is 2.40. The molecule has 1 aromatic rings. The second-order valence-electron chi connectivity index (χ2n) is 6.86. The number of piperazine rings is 1. The normalized spacial score (nSPS) is 19.5. The molecule has 0 radical (unpaired) electrons. The lowest BCUT2D eigenvalue weighted by Gasteiger charge is -2.40. The van der Waals surface area contributed by atoms with Gasteiger partial charge >= 0.3 is 12.1 Å².